The van der Waals surface area contributed by atoms with Crippen molar-refractivity contribution in [3.63, 3.8) is 0 Å². The molecule has 1 atom stereocenters. The summed E-state index contributed by atoms with van der Waals surface area (Å²) in [4.78, 5) is 27.9. The second kappa shape index (κ2) is 9.94. The Balaban J connectivity index is 1.39. The average Bonchev–Trinajstić information content (AvgIpc) is 2.74. The Kier molecular flexibility index (Phi) is 7.81. The van der Waals surface area contributed by atoms with Crippen LogP contribution in [0.1, 0.15) is 98.3 Å². The highest BCUT2D eigenvalue weighted by atomic mass is 16.2. The van der Waals surface area contributed by atoms with E-state index in [0.717, 1.165) is 44.9 Å². The van der Waals surface area contributed by atoms with E-state index in [0.29, 0.717) is 17.2 Å². The number of ketones is 1. The summed E-state index contributed by atoms with van der Waals surface area (Å²) in [7, 11) is 0. The number of carbonyl (C=O) groups is 2. The van der Waals surface area contributed by atoms with E-state index in [4.69, 9.17) is 0 Å². The van der Waals surface area contributed by atoms with Gasteiger partial charge in [-0.3, -0.25) is 9.59 Å². The largest absolute Gasteiger partial charge is 0.353 e. The molecule has 29 heavy (non-hydrogen) atoms. The Morgan fingerprint density at radius 3 is 2.00 bits per heavy atom. The van der Waals surface area contributed by atoms with Crippen molar-refractivity contribution in [1.82, 2.24) is 10.2 Å². The zero-order valence-electron chi connectivity index (χ0n) is 19.3. The number of nitrogens with one attached hydrogen (secondary N) is 1. The van der Waals surface area contributed by atoms with Gasteiger partial charge in [-0.2, -0.15) is 0 Å². The number of carbonyl (C=O) groups excluding carboxylic acids is 2. The van der Waals surface area contributed by atoms with E-state index in [9.17, 15) is 9.59 Å². The minimum Gasteiger partial charge on any atom is -0.353 e. The van der Waals surface area contributed by atoms with Crippen molar-refractivity contribution in [1.29, 1.82) is 0 Å². The van der Waals surface area contributed by atoms with Crippen LogP contribution in [0.5, 0.6) is 0 Å². The third-order valence-electron chi connectivity index (χ3n) is 8.58. The molecule has 0 bridgehead atoms. The number of likely N-dealkylation sites (tertiary alicyclic amines) is 1. The topological polar surface area (TPSA) is 49.4 Å². The minimum absolute atomic E-state index is 0.188. The minimum atomic E-state index is 0.188. The van der Waals surface area contributed by atoms with E-state index >= 15 is 0 Å². The molecule has 1 N–H and O–H groups in total. The first-order valence-corrected chi connectivity index (χ1v) is 12.4. The molecule has 166 valence electrons. The summed E-state index contributed by atoms with van der Waals surface area (Å²) in [6, 6.07) is 0.943. The fraction of sp³-hybridized carbons (Fsp3) is 0.920. The van der Waals surface area contributed by atoms with Crippen molar-refractivity contribution in [3.8, 4) is 0 Å². The maximum absolute atomic E-state index is 12.9. The second-order valence-electron chi connectivity index (χ2n) is 10.7. The van der Waals surface area contributed by atoms with E-state index < -0.39 is 0 Å². The quantitative estimate of drug-likeness (QED) is 0.681. The number of hydrogen-bond acceptors (Lipinski definition) is 3. The molecule has 1 aliphatic heterocycles. The van der Waals surface area contributed by atoms with Gasteiger partial charge in [0.2, 0.25) is 5.91 Å². The molecule has 0 aromatic rings. The van der Waals surface area contributed by atoms with Gasteiger partial charge in [0, 0.05) is 29.8 Å². The zero-order valence-corrected chi connectivity index (χ0v) is 19.3. The predicted molar refractivity (Wildman–Crippen MR) is 119 cm³/mol. The van der Waals surface area contributed by atoms with Crippen LogP contribution in [0.2, 0.25) is 0 Å². The Bertz CT molecular complexity index is 547. The van der Waals surface area contributed by atoms with Crippen LogP contribution in [0.3, 0.4) is 0 Å². The zero-order chi connectivity index (χ0) is 21.0. The Morgan fingerprint density at radius 2 is 1.48 bits per heavy atom. The summed E-state index contributed by atoms with van der Waals surface area (Å²) >= 11 is 0. The Hall–Kier alpha value is -0.900. The number of Topliss-reactive ketones (excluding diaryl/α,β-unsaturated/α-hetero) is 1. The standard InChI is InChI=1S/C25H44N2O2/c1-5-19(4)23(28)20-6-8-22(9-7-20)26-24(29)21-10-12-25(13-11-21)14-16-27(17-15-25)18(2)3/h18-22H,5-17H2,1-4H3,(H,26,29). The summed E-state index contributed by atoms with van der Waals surface area (Å²) in [5.41, 5.74) is 0.510. The molecule has 4 nitrogen and oxygen atoms in total. The van der Waals surface area contributed by atoms with E-state index in [-0.39, 0.29) is 29.7 Å². The molecule has 3 aliphatic rings. The van der Waals surface area contributed by atoms with Gasteiger partial charge >= 0.3 is 0 Å². The highest BCUT2D eigenvalue weighted by molar-refractivity contribution is 5.83. The summed E-state index contributed by atoms with van der Waals surface area (Å²) in [5, 5.41) is 3.35. The van der Waals surface area contributed by atoms with Gasteiger partial charge in [-0.05, 0) is 103 Å². The number of rotatable bonds is 6. The van der Waals surface area contributed by atoms with Crippen molar-refractivity contribution in [2.75, 3.05) is 13.1 Å². The first-order valence-electron chi connectivity index (χ1n) is 12.4. The number of piperidine rings is 1. The molecule has 0 radical (unpaired) electrons. The van der Waals surface area contributed by atoms with Gasteiger partial charge in [-0.25, -0.2) is 0 Å². The maximum atomic E-state index is 12.9. The lowest BCUT2D eigenvalue weighted by atomic mass is 9.65. The fourth-order valence-electron chi connectivity index (χ4n) is 5.95. The van der Waals surface area contributed by atoms with E-state index in [1.807, 2.05) is 0 Å². The lowest BCUT2D eigenvalue weighted by Gasteiger charge is -2.47. The third kappa shape index (κ3) is 5.62. The van der Waals surface area contributed by atoms with Gasteiger partial charge in [-0.1, -0.05) is 13.8 Å². The van der Waals surface area contributed by atoms with E-state index in [1.165, 1.54) is 38.8 Å². The molecule has 1 saturated heterocycles. The molecule has 1 heterocycles. The molecule has 0 aromatic carbocycles. The van der Waals surface area contributed by atoms with Crippen molar-refractivity contribution >= 4 is 11.7 Å². The first kappa shape index (κ1) is 22.8. The second-order valence-corrected chi connectivity index (χ2v) is 10.7. The monoisotopic (exact) mass is 404 g/mol. The summed E-state index contributed by atoms with van der Waals surface area (Å²) in [6.07, 6.45) is 12.0. The summed E-state index contributed by atoms with van der Waals surface area (Å²) < 4.78 is 0. The first-order chi connectivity index (χ1) is 13.8. The van der Waals surface area contributed by atoms with Crippen molar-refractivity contribution < 1.29 is 9.59 Å². The van der Waals surface area contributed by atoms with Gasteiger partial charge in [0.15, 0.2) is 0 Å². The van der Waals surface area contributed by atoms with Gasteiger partial charge in [0.25, 0.3) is 0 Å². The Morgan fingerprint density at radius 1 is 0.897 bits per heavy atom. The molecule has 1 spiro atoms. The lowest BCUT2D eigenvalue weighted by Crippen LogP contribution is -2.47. The molecular formula is C25H44N2O2. The Labute approximate surface area is 178 Å². The number of nitrogens with zero attached hydrogens (tertiary/aromatic N) is 1. The summed E-state index contributed by atoms with van der Waals surface area (Å²) in [6.45, 7) is 11.2. The molecule has 1 amide bonds. The third-order valence-corrected chi connectivity index (χ3v) is 8.58. The van der Waals surface area contributed by atoms with E-state index in [1.54, 1.807) is 0 Å². The molecule has 4 heteroatoms. The van der Waals surface area contributed by atoms with Crippen LogP contribution in [-0.4, -0.2) is 41.8 Å². The van der Waals surface area contributed by atoms with Crippen LogP contribution in [0.4, 0.5) is 0 Å². The van der Waals surface area contributed by atoms with E-state index in [2.05, 4.69) is 37.9 Å². The highest BCUT2D eigenvalue weighted by Gasteiger charge is 2.40. The normalized spacial score (nSPS) is 29.7. The van der Waals surface area contributed by atoms with Crippen molar-refractivity contribution in [2.45, 2.75) is 110 Å². The SMILES string of the molecule is CCC(C)C(=O)C1CCC(NC(=O)C2CCC3(CC2)CCN(C(C)C)CC3)CC1. The van der Waals surface area contributed by atoms with Crippen molar-refractivity contribution in [2.24, 2.45) is 23.2 Å². The van der Waals surface area contributed by atoms with Crippen LogP contribution in [0.25, 0.3) is 0 Å². The van der Waals surface area contributed by atoms with Gasteiger partial charge in [0.1, 0.15) is 5.78 Å². The van der Waals surface area contributed by atoms with Crippen LogP contribution in [0, 0.1) is 23.2 Å². The van der Waals surface area contributed by atoms with Crippen LogP contribution < -0.4 is 5.32 Å². The lowest BCUT2D eigenvalue weighted by molar-refractivity contribution is -0.128. The molecule has 2 saturated carbocycles. The highest BCUT2D eigenvalue weighted by Crippen LogP contribution is 2.46. The number of amides is 1. The smallest absolute Gasteiger partial charge is 0.223 e. The van der Waals surface area contributed by atoms with Gasteiger partial charge < -0.3 is 10.2 Å². The predicted octanol–water partition coefficient (Wildman–Crippen LogP) is 4.96. The molecule has 0 aromatic heterocycles. The average molecular weight is 405 g/mol. The van der Waals surface area contributed by atoms with Crippen LogP contribution >= 0.6 is 0 Å². The molecule has 1 unspecified atom stereocenters. The maximum Gasteiger partial charge on any atom is 0.223 e. The summed E-state index contributed by atoms with van der Waals surface area (Å²) in [5.74, 6) is 1.36. The van der Waals surface area contributed by atoms with Gasteiger partial charge in [0.05, 0.1) is 0 Å². The molecule has 3 rings (SSSR count). The molecule has 2 aliphatic carbocycles. The van der Waals surface area contributed by atoms with Crippen LogP contribution in [-0.2, 0) is 9.59 Å². The van der Waals surface area contributed by atoms with Gasteiger partial charge in [-0.15, -0.1) is 0 Å². The molecule has 3 fully saturated rings. The molecular weight excluding hydrogens is 360 g/mol. The fourth-order valence-corrected chi connectivity index (χ4v) is 5.95. The van der Waals surface area contributed by atoms with Crippen LogP contribution in [0.15, 0.2) is 0 Å². The van der Waals surface area contributed by atoms with Crippen molar-refractivity contribution in [3.05, 3.63) is 0 Å². The number of hydrogen-bond donors (Lipinski definition) is 1.